The van der Waals surface area contributed by atoms with Gasteiger partial charge in [0.15, 0.2) is 0 Å². The molecule has 1 aromatic carbocycles. The Hall–Kier alpha value is -1.62. The third-order valence-electron chi connectivity index (χ3n) is 2.49. The lowest BCUT2D eigenvalue weighted by Crippen LogP contribution is -1.95. The van der Waals surface area contributed by atoms with Crippen LogP contribution in [0, 0.1) is 6.92 Å². The second-order valence-electron chi connectivity index (χ2n) is 3.69. The Balaban J connectivity index is 2.60. The first-order valence-electron chi connectivity index (χ1n) is 5.37. The van der Waals surface area contributed by atoms with Gasteiger partial charge in [-0.1, -0.05) is 0 Å². The van der Waals surface area contributed by atoms with Crippen LogP contribution in [-0.4, -0.2) is 24.2 Å². The molecule has 0 saturated carbocycles. The van der Waals surface area contributed by atoms with Crippen LogP contribution >= 0.6 is 15.9 Å². The predicted molar refractivity (Wildman–Crippen MR) is 73.0 cm³/mol. The van der Waals surface area contributed by atoms with Gasteiger partial charge in [-0.05, 0) is 47.1 Å². The van der Waals surface area contributed by atoms with Crippen molar-refractivity contribution < 1.29 is 9.47 Å². The lowest BCUT2D eigenvalue weighted by Gasteiger charge is -2.10. The summed E-state index contributed by atoms with van der Waals surface area (Å²) in [5.41, 5.74) is 1.67. The molecule has 0 aliphatic carbocycles. The molecule has 0 aliphatic rings. The van der Waals surface area contributed by atoms with Gasteiger partial charge in [-0.15, -0.1) is 0 Å². The van der Waals surface area contributed by atoms with Crippen molar-refractivity contribution in [2.75, 3.05) is 14.2 Å². The van der Waals surface area contributed by atoms with Crippen LogP contribution in [0.2, 0.25) is 0 Å². The number of ether oxygens (including phenoxy) is 2. The normalized spacial score (nSPS) is 10.2. The molecule has 0 saturated heterocycles. The third-order valence-corrected chi connectivity index (χ3v) is 2.90. The van der Waals surface area contributed by atoms with E-state index in [1.165, 1.54) is 0 Å². The van der Waals surface area contributed by atoms with Gasteiger partial charge in [0.05, 0.1) is 19.9 Å². The quantitative estimate of drug-likeness (QED) is 0.817. The van der Waals surface area contributed by atoms with Crippen molar-refractivity contribution in [3.05, 3.63) is 34.7 Å². The molecule has 18 heavy (non-hydrogen) atoms. The zero-order valence-electron chi connectivity index (χ0n) is 10.4. The number of benzene rings is 1. The van der Waals surface area contributed by atoms with Gasteiger partial charge >= 0.3 is 0 Å². The smallest absolute Gasteiger partial charge is 0.128 e. The second-order valence-corrected chi connectivity index (χ2v) is 4.50. The first-order chi connectivity index (χ1) is 8.63. The fourth-order valence-corrected chi connectivity index (χ4v) is 2.16. The zero-order valence-corrected chi connectivity index (χ0v) is 12.0. The molecular formula is C13H13BrN2O2. The molecule has 5 heteroatoms. The molecule has 2 rings (SSSR count). The summed E-state index contributed by atoms with van der Waals surface area (Å²) < 4.78 is 11.3. The molecule has 0 aliphatic heterocycles. The molecule has 0 N–H and O–H groups in total. The molecular weight excluding hydrogens is 296 g/mol. The third kappa shape index (κ3) is 2.61. The summed E-state index contributed by atoms with van der Waals surface area (Å²) in [6.45, 7) is 1.85. The maximum absolute atomic E-state index is 5.35. The van der Waals surface area contributed by atoms with Crippen LogP contribution in [-0.2, 0) is 0 Å². The number of nitrogens with zero attached hydrogens (tertiary/aromatic N) is 2. The maximum atomic E-state index is 5.35. The molecule has 0 radical (unpaired) electrons. The van der Waals surface area contributed by atoms with E-state index < -0.39 is 0 Å². The SMILES string of the molecule is COc1ccc(OC)c(-c2cc(Br)nc(C)n2)c1. The monoisotopic (exact) mass is 308 g/mol. The summed E-state index contributed by atoms with van der Waals surface area (Å²) >= 11 is 3.37. The van der Waals surface area contributed by atoms with Crippen LogP contribution in [0.4, 0.5) is 0 Å². The van der Waals surface area contributed by atoms with Gasteiger partial charge in [-0.25, -0.2) is 9.97 Å². The summed E-state index contributed by atoms with van der Waals surface area (Å²) in [5, 5.41) is 0. The average molecular weight is 309 g/mol. The first kappa shape index (κ1) is 12.8. The molecule has 1 heterocycles. The maximum Gasteiger partial charge on any atom is 0.128 e. The van der Waals surface area contributed by atoms with Crippen LogP contribution in [0.25, 0.3) is 11.3 Å². The largest absolute Gasteiger partial charge is 0.497 e. The molecule has 4 nitrogen and oxygen atoms in total. The van der Waals surface area contributed by atoms with E-state index in [0.29, 0.717) is 5.82 Å². The van der Waals surface area contributed by atoms with Crippen molar-refractivity contribution >= 4 is 15.9 Å². The number of hydrogen-bond acceptors (Lipinski definition) is 4. The summed E-state index contributed by atoms with van der Waals surface area (Å²) in [7, 11) is 3.27. The fraction of sp³-hybridized carbons (Fsp3) is 0.231. The van der Waals surface area contributed by atoms with E-state index in [1.807, 2.05) is 31.2 Å². The zero-order chi connectivity index (χ0) is 13.1. The number of aryl methyl sites for hydroxylation is 1. The molecule has 0 atom stereocenters. The Morgan fingerprint density at radius 2 is 1.83 bits per heavy atom. The molecule has 0 bridgehead atoms. The summed E-state index contributed by atoms with van der Waals surface area (Å²) in [6.07, 6.45) is 0. The van der Waals surface area contributed by atoms with E-state index >= 15 is 0 Å². The molecule has 1 aromatic heterocycles. The van der Waals surface area contributed by atoms with Crippen molar-refractivity contribution in [3.8, 4) is 22.8 Å². The molecule has 94 valence electrons. The summed E-state index contributed by atoms with van der Waals surface area (Å²) in [4.78, 5) is 8.60. The van der Waals surface area contributed by atoms with E-state index in [-0.39, 0.29) is 0 Å². The summed E-state index contributed by atoms with van der Waals surface area (Å²) in [6, 6.07) is 7.46. The van der Waals surface area contributed by atoms with Crippen molar-refractivity contribution in [2.45, 2.75) is 6.92 Å². The van der Waals surface area contributed by atoms with E-state index in [4.69, 9.17) is 9.47 Å². The van der Waals surface area contributed by atoms with Gasteiger partial charge in [0.2, 0.25) is 0 Å². The topological polar surface area (TPSA) is 44.2 Å². The highest BCUT2D eigenvalue weighted by molar-refractivity contribution is 9.10. The minimum Gasteiger partial charge on any atom is -0.497 e. The number of hydrogen-bond donors (Lipinski definition) is 0. The Bertz CT molecular complexity index is 553. The van der Waals surface area contributed by atoms with E-state index in [2.05, 4.69) is 25.9 Å². The molecule has 0 fully saturated rings. The second kappa shape index (κ2) is 5.35. The van der Waals surface area contributed by atoms with Crippen molar-refractivity contribution in [2.24, 2.45) is 0 Å². The molecule has 2 aromatic rings. The van der Waals surface area contributed by atoms with E-state index in [1.54, 1.807) is 14.2 Å². The number of rotatable bonds is 3. The van der Waals surface area contributed by atoms with Crippen molar-refractivity contribution in [3.63, 3.8) is 0 Å². The highest BCUT2D eigenvalue weighted by atomic mass is 79.9. The number of halogens is 1. The molecule has 0 amide bonds. The minimum absolute atomic E-state index is 0.698. The average Bonchev–Trinajstić information content (AvgIpc) is 2.36. The van der Waals surface area contributed by atoms with Crippen LogP contribution in [0.5, 0.6) is 11.5 Å². The van der Waals surface area contributed by atoms with Gasteiger partial charge < -0.3 is 9.47 Å². The van der Waals surface area contributed by atoms with Crippen LogP contribution < -0.4 is 9.47 Å². The standard InChI is InChI=1S/C13H13BrN2O2/c1-8-15-11(7-13(14)16-8)10-6-9(17-2)4-5-12(10)18-3/h4-7H,1-3H3. The van der Waals surface area contributed by atoms with Gasteiger partial charge in [-0.2, -0.15) is 0 Å². The minimum atomic E-state index is 0.698. The Morgan fingerprint density at radius 1 is 1.06 bits per heavy atom. The number of methoxy groups -OCH3 is 2. The van der Waals surface area contributed by atoms with Crippen LogP contribution in [0.15, 0.2) is 28.9 Å². The highest BCUT2D eigenvalue weighted by Crippen LogP contribution is 2.33. The van der Waals surface area contributed by atoms with Gasteiger partial charge in [0.25, 0.3) is 0 Å². The van der Waals surface area contributed by atoms with E-state index in [9.17, 15) is 0 Å². The highest BCUT2D eigenvalue weighted by Gasteiger charge is 2.10. The van der Waals surface area contributed by atoms with Crippen molar-refractivity contribution in [1.29, 1.82) is 0 Å². The van der Waals surface area contributed by atoms with Crippen molar-refractivity contribution in [1.82, 2.24) is 9.97 Å². The Morgan fingerprint density at radius 3 is 2.44 bits per heavy atom. The molecule has 0 unspecified atom stereocenters. The summed E-state index contributed by atoms with van der Waals surface area (Å²) in [5.74, 6) is 2.21. The van der Waals surface area contributed by atoms with Gasteiger partial charge in [-0.3, -0.25) is 0 Å². The lowest BCUT2D eigenvalue weighted by molar-refractivity contribution is 0.404. The molecule has 0 spiro atoms. The van der Waals surface area contributed by atoms with Gasteiger partial charge in [0.1, 0.15) is 21.9 Å². The predicted octanol–water partition coefficient (Wildman–Crippen LogP) is 3.23. The number of aromatic nitrogens is 2. The van der Waals surface area contributed by atoms with Crippen LogP contribution in [0.1, 0.15) is 5.82 Å². The fourth-order valence-electron chi connectivity index (χ4n) is 1.68. The van der Waals surface area contributed by atoms with Crippen LogP contribution in [0.3, 0.4) is 0 Å². The van der Waals surface area contributed by atoms with Gasteiger partial charge in [0, 0.05) is 5.56 Å². The Labute approximate surface area is 114 Å². The lowest BCUT2D eigenvalue weighted by atomic mass is 10.1. The van der Waals surface area contributed by atoms with E-state index in [0.717, 1.165) is 27.4 Å². The first-order valence-corrected chi connectivity index (χ1v) is 6.17. The Kier molecular flexibility index (Phi) is 3.81.